The van der Waals surface area contributed by atoms with Crippen LogP contribution in [0.4, 0.5) is 5.69 Å². The van der Waals surface area contributed by atoms with Crippen LogP contribution in [0.15, 0.2) is 18.2 Å². The van der Waals surface area contributed by atoms with Gasteiger partial charge < -0.3 is 10.0 Å². The molecule has 0 spiro atoms. The van der Waals surface area contributed by atoms with Gasteiger partial charge in [0.1, 0.15) is 0 Å². The molecule has 2 rings (SSSR count). The lowest BCUT2D eigenvalue weighted by atomic mass is 10.0. The SMILES string of the molecule is CC(O)c1ccc(C#N)cc1N1CC(=O)NC(=O)C1. The van der Waals surface area contributed by atoms with Crippen LogP contribution in [0.5, 0.6) is 0 Å². The van der Waals surface area contributed by atoms with Gasteiger partial charge in [-0.25, -0.2) is 0 Å². The molecule has 98 valence electrons. The number of anilines is 1. The molecule has 0 bridgehead atoms. The van der Waals surface area contributed by atoms with Gasteiger partial charge in [-0.15, -0.1) is 0 Å². The third-order valence-corrected chi connectivity index (χ3v) is 2.90. The van der Waals surface area contributed by atoms with Crippen molar-refractivity contribution in [2.24, 2.45) is 0 Å². The molecule has 1 aromatic carbocycles. The number of nitrogens with one attached hydrogen (secondary N) is 1. The number of carbonyl (C=O) groups excluding carboxylic acids is 2. The maximum Gasteiger partial charge on any atom is 0.246 e. The minimum atomic E-state index is -0.747. The average Bonchev–Trinajstić information content (AvgIpc) is 2.36. The molecule has 1 unspecified atom stereocenters. The van der Waals surface area contributed by atoms with E-state index in [0.29, 0.717) is 16.8 Å². The van der Waals surface area contributed by atoms with Crippen molar-refractivity contribution in [3.63, 3.8) is 0 Å². The molecule has 1 heterocycles. The molecule has 2 N–H and O–H groups in total. The van der Waals surface area contributed by atoms with Crippen molar-refractivity contribution in [3.8, 4) is 6.07 Å². The summed E-state index contributed by atoms with van der Waals surface area (Å²) in [4.78, 5) is 24.3. The van der Waals surface area contributed by atoms with E-state index in [2.05, 4.69) is 5.32 Å². The van der Waals surface area contributed by atoms with E-state index in [1.54, 1.807) is 30.0 Å². The molecule has 6 nitrogen and oxygen atoms in total. The van der Waals surface area contributed by atoms with Crippen LogP contribution in [-0.2, 0) is 9.59 Å². The van der Waals surface area contributed by atoms with Gasteiger partial charge in [-0.05, 0) is 19.1 Å². The minimum absolute atomic E-state index is 0.0281. The Hall–Kier alpha value is -2.39. The van der Waals surface area contributed by atoms with Crippen LogP contribution in [0.2, 0.25) is 0 Å². The summed E-state index contributed by atoms with van der Waals surface area (Å²) in [7, 11) is 0. The lowest BCUT2D eigenvalue weighted by Gasteiger charge is -2.30. The van der Waals surface area contributed by atoms with Gasteiger partial charge in [0.2, 0.25) is 11.8 Å². The van der Waals surface area contributed by atoms with Crippen LogP contribution in [0.25, 0.3) is 0 Å². The van der Waals surface area contributed by atoms with Crippen molar-refractivity contribution in [1.29, 1.82) is 5.26 Å². The van der Waals surface area contributed by atoms with Crippen LogP contribution in [0, 0.1) is 11.3 Å². The number of aliphatic hydroxyl groups excluding tert-OH is 1. The number of imide groups is 1. The van der Waals surface area contributed by atoms with Crippen LogP contribution in [0.1, 0.15) is 24.2 Å². The van der Waals surface area contributed by atoms with E-state index >= 15 is 0 Å². The first-order valence-electron chi connectivity index (χ1n) is 5.81. The Morgan fingerprint density at radius 1 is 1.37 bits per heavy atom. The molecular formula is C13H13N3O3. The lowest BCUT2D eigenvalue weighted by Crippen LogP contribution is -2.51. The summed E-state index contributed by atoms with van der Waals surface area (Å²) in [5, 5.41) is 20.9. The highest BCUT2D eigenvalue weighted by atomic mass is 16.3. The summed E-state index contributed by atoms with van der Waals surface area (Å²) in [6.07, 6.45) is -0.747. The van der Waals surface area contributed by atoms with E-state index in [1.807, 2.05) is 6.07 Å². The average molecular weight is 259 g/mol. The second kappa shape index (κ2) is 5.08. The van der Waals surface area contributed by atoms with Gasteiger partial charge in [0.25, 0.3) is 0 Å². The van der Waals surface area contributed by atoms with Gasteiger partial charge in [0.05, 0.1) is 30.8 Å². The van der Waals surface area contributed by atoms with Crippen molar-refractivity contribution < 1.29 is 14.7 Å². The Balaban J connectivity index is 2.44. The first kappa shape index (κ1) is 13.1. The first-order chi connectivity index (χ1) is 9.01. The van der Waals surface area contributed by atoms with E-state index in [0.717, 1.165) is 0 Å². The zero-order valence-electron chi connectivity index (χ0n) is 10.4. The summed E-state index contributed by atoms with van der Waals surface area (Å²) in [6.45, 7) is 1.65. The Kier molecular flexibility index (Phi) is 3.49. The van der Waals surface area contributed by atoms with Crippen molar-refractivity contribution in [2.45, 2.75) is 13.0 Å². The Morgan fingerprint density at radius 3 is 2.53 bits per heavy atom. The predicted molar refractivity (Wildman–Crippen MR) is 67.2 cm³/mol. The molecular weight excluding hydrogens is 246 g/mol. The van der Waals surface area contributed by atoms with E-state index in [1.165, 1.54) is 0 Å². The van der Waals surface area contributed by atoms with Gasteiger partial charge >= 0.3 is 0 Å². The van der Waals surface area contributed by atoms with Gasteiger partial charge in [-0.2, -0.15) is 5.26 Å². The summed E-state index contributed by atoms with van der Waals surface area (Å²) in [5.74, 6) is -0.787. The minimum Gasteiger partial charge on any atom is -0.389 e. The third kappa shape index (κ3) is 2.72. The van der Waals surface area contributed by atoms with E-state index in [-0.39, 0.29) is 13.1 Å². The van der Waals surface area contributed by atoms with Crippen molar-refractivity contribution >= 4 is 17.5 Å². The Morgan fingerprint density at radius 2 is 2.00 bits per heavy atom. The highest BCUT2D eigenvalue weighted by molar-refractivity contribution is 6.02. The zero-order valence-corrected chi connectivity index (χ0v) is 10.4. The molecule has 1 saturated heterocycles. The van der Waals surface area contributed by atoms with Crippen molar-refractivity contribution in [2.75, 3.05) is 18.0 Å². The monoisotopic (exact) mass is 259 g/mol. The smallest absolute Gasteiger partial charge is 0.246 e. The molecule has 1 aliphatic heterocycles. The van der Waals surface area contributed by atoms with E-state index < -0.39 is 17.9 Å². The quantitative estimate of drug-likeness (QED) is 0.733. The maximum atomic E-state index is 11.4. The van der Waals surface area contributed by atoms with Crippen molar-refractivity contribution in [3.05, 3.63) is 29.3 Å². The number of piperazine rings is 1. The highest BCUT2D eigenvalue weighted by Gasteiger charge is 2.25. The number of rotatable bonds is 2. The van der Waals surface area contributed by atoms with E-state index in [4.69, 9.17) is 5.26 Å². The molecule has 0 aliphatic carbocycles. The van der Waals surface area contributed by atoms with Gasteiger partial charge in [0.15, 0.2) is 0 Å². The summed E-state index contributed by atoms with van der Waals surface area (Å²) >= 11 is 0. The largest absolute Gasteiger partial charge is 0.389 e. The second-order valence-corrected chi connectivity index (χ2v) is 4.39. The number of amides is 2. The topological polar surface area (TPSA) is 93.4 Å². The summed E-state index contributed by atoms with van der Waals surface area (Å²) < 4.78 is 0. The Bertz CT molecular complexity index is 559. The molecule has 19 heavy (non-hydrogen) atoms. The van der Waals surface area contributed by atoms with Gasteiger partial charge in [0, 0.05) is 11.3 Å². The fourth-order valence-corrected chi connectivity index (χ4v) is 2.05. The van der Waals surface area contributed by atoms with E-state index in [9.17, 15) is 14.7 Å². The molecule has 1 aromatic rings. The molecule has 6 heteroatoms. The van der Waals surface area contributed by atoms with Gasteiger partial charge in [-0.3, -0.25) is 14.9 Å². The zero-order chi connectivity index (χ0) is 14.0. The lowest BCUT2D eigenvalue weighted by molar-refractivity contribution is -0.130. The number of hydrogen-bond donors (Lipinski definition) is 2. The maximum absolute atomic E-state index is 11.4. The summed E-state index contributed by atoms with van der Waals surface area (Å²) in [6, 6.07) is 6.81. The molecule has 0 radical (unpaired) electrons. The number of aliphatic hydroxyl groups is 1. The fourth-order valence-electron chi connectivity index (χ4n) is 2.05. The number of carbonyl (C=O) groups is 2. The molecule has 0 aromatic heterocycles. The molecule has 2 amide bonds. The second-order valence-electron chi connectivity index (χ2n) is 4.39. The predicted octanol–water partition coefficient (Wildman–Crippen LogP) is 0.0744. The standard InChI is InChI=1S/C13H13N3O3/c1-8(17)10-3-2-9(5-14)4-11(10)16-6-12(18)15-13(19)7-16/h2-4,8,17H,6-7H2,1H3,(H,15,18,19). The molecule has 1 aliphatic rings. The first-order valence-corrected chi connectivity index (χ1v) is 5.81. The van der Waals surface area contributed by atoms with Crippen LogP contribution >= 0.6 is 0 Å². The molecule has 1 atom stereocenters. The normalized spacial score (nSPS) is 16.8. The number of nitrogens with zero attached hydrogens (tertiary/aromatic N) is 2. The summed E-state index contributed by atoms with van der Waals surface area (Å²) in [5.41, 5.74) is 1.54. The van der Waals surface area contributed by atoms with Crippen LogP contribution in [0.3, 0.4) is 0 Å². The molecule has 0 saturated carbocycles. The third-order valence-electron chi connectivity index (χ3n) is 2.90. The molecule has 1 fully saturated rings. The van der Waals surface area contributed by atoms with Gasteiger partial charge in [-0.1, -0.05) is 6.07 Å². The fraction of sp³-hybridized carbons (Fsp3) is 0.308. The van der Waals surface area contributed by atoms with Crippen LogP contribution in [-0.4, -0.2) is 30.0 Å². The highest BCUT2D eigenvalue weighted by Crippen LogP contribution is 2.28. The number of benzene rings is 1. The van der Waals surface area contributed by atoms with Crippen LogP contribution < -0.4 is 10.2 Å². The van der Waals surface area contributed by atoms with Crippen molar-refractivity contribution in [1.82, 2.24) is 5.32 Å². The number of hydrogen-bond acceptors (Lipinski definition) is 5. The number of nitriles is 1. The Labute approximate surface area is 110 Å².